The van der Waals surface area contributed by atoms with E-state index in [1.165, 1.54) is 0 Å². The zero-order valence-electron chi connectivity index (χ0n) is 7.13. The number of hydrogen-bond acceptors (Lipinski definition) is 9. The van der Waals surface area contributed by atoms with Crippen molar-refractivity contribution in [2.45, 2.75) is 0 Å². The van der Waals surface area contributed by atoms with E-state index in [-0.39, 0.29) is 40.8 Å². The van der Waals surface area contributed by atoms with Crippen molar-refractivity contribution in [3.8, 4) is 0 Å². The minimum absolute atomic E-state index is 0. The van der Waals surface area contributed by atoms with E-state index in [0.717, 1.165) is 0 Å². The second-order valence-corrected chi connectivity index (χ2v) is 4.44. The van der Waals surface area contributed by atoms with Crippen LogP contribution in [0.2, 0.25) is 0 Å². The molecule has 0 amide bonds. The van der Waals surface area contributed by atoms with Gasteiger partial charge in [-0.15, -0.1) is 0 Å². The molecule has 16 heteroatoms. The molecule has 0 aromatic heterocycles. The van der Waals surface area contributed by atoms with Crippen molar-refractivity contribution < 1.29 is 79.8 Å². The molecule has 0 atom stereocenters. The van der Waals surface area contributed by atoms with Crippen LogP contribution in [0.25, 0.3) is 0 Å². The van der Waals surface area contributed by atoms with E-state index in [1.54, 1.807) is 0 Å². The Balaban J connectivity index is -0.0000000655. The Hall–Kier alpha value is 0.961. The Morgan fingerprint density at radius 2 is 0.562 bits per heavy atom. The first-order valence-corrected chi connectivity index (χ1v) is 6.62. The molecule has 16 heavy (non-hydrogen) atoms. The van der Waals surface area contributed by atoms with Gasteiger partial charge < -0.3 is 13.7 Å². The molecule has 97 valence electrons. The van der Waals surface area contributed by atoms with Crippen LogP contribution in [0.3, 0.4) is 0 Å². The smallest absolute Gasteiger partial charge is 0.736 e. The zero-order valence-corrected chi connectivity index (χ0v) is 12.8. The summed E-state index contributed by atoms with van der Waals surface area (Å²) in [5, 5.41) is 11.3. The van der Waals surface area contributed by atoms with Crippen LogP contribution >= 0.6 is 0 Å². The molecule has 0 aliphatic rings. The van der Waals surface area contributed by atoms with Gasteiger partial charge in [0.05, 0.1) is 0 Å². The zero-order chi connectivity index (χ0) is 13.5. The van der Waals surface area contributed by atoms with Crippen molar-refractivity contribution in [3.63, 3.8) is 0 Å². The molecule has 0 aromatic rings. The van der Waals surface area contributed by atoms with Crippen LogP contribution in [0.15, 0.2) is 0 Å². The minimum atomic E-state index is -4.42. The summed E-state index contributed by atoms with van der Waals surface area (Å²) in [6, 6.07) is 0. The molecular formula is H6N3NdO9S3. The first-order valence-electron chi connectivity index (χ1n) is 2.21. The Labute approximate surface area is 125 Å². The van der Waals surface area contributed by atoms with Crippen molar-refractivity contribution in [3.05, 3.63) is 0 Å². The Bertz CT molecular complexity index is 347. The monoisotopic (exact) mass is 430 g/mol. The molecular weight excluding hydrogens is 426 g/mol. The van der Waals surface area contributed by atoms with Gasteiger partial charge in [0.25, 0.3) is 0 Å². The average Bonchev–Trinajstić information content (AvgIpc) is 1.41. The second-order valence-electron chi connectivity index (χ2n) is 1.48. The molecule has 0 rings (SSSR count). The molecule has 0 aliphatic heterocycles. The van der Waals surface area contributed by atoms with Crippen molar-refractivity contribution in [1.29, 1.82) is 0 Å². The minimum Gasteiger partial charge on any atom is -0.736 e. The first kappa shape index (κ1) is 25.7. The van der Waals surface area contributed by atoms with Gasteiger partial charge in [0, 0.05) is 0 Å². The SMILES string of the molecule is NS(=O)(=O)[O-].NS(=O)(=O)[O-].NS(=O)(=O)[O-].[Nd+3]. The fourth-order valence-corrected chi connectivity index (χ4v) is 0. The van der Waals surface area contributed by atoms with E-state index >= 15 is 0 Å². The van der Waals surface area contributed by atoms with E-state index in [9.17, 15) is 0 Å². The normalized spacial score (nSPS) is 10.9. The van der Waals surface area contributed by atoms with E-state index in [2.05, 4.69) is 15.4 Å². The summed E-state index contributed by atoms with van der Waals surface area (Å²) >= 11 is 0. The third-order valence-corrected chi connectivity index (χ3v) is 0. The van der Waals surface area contributed by atoms with E-state index in [0.29, 0.717) is 0 Å². The number of nitrogens with two attached hydrogens (primary N) is 3. The number of rotatable bonds is 0. The molecule has 0 spiro atoms. The van der Waals surface area contributed by atoms with Gasteiger partial charge in [0.1, 0.15) is 0 Å². The fraction of sp³-hybridized carbons (Fsp3) is 0. The predicted octanol–water partition coefficient (Wildman–Crippen LogP) is -4.78. The second kappa shape index (κ2) is 9.94. The molecule has 0 aliphatic carbocycles. The fourth-order valence-electron chi connectivity index (χ4n) is 0. The molecule has 1 radical (unpaired) electrons. The van der Waals surface area contributed by atoms with Gasteiger partial charge in [-0.25, -0.2) is 40.7 Å². The summed E-state index contributed by atoms with van der Waals surface area (Å²) in [7, 11) is -13.2. The van der Waals surface area contributed by atoms with Gasteiger partial charge in [0.15, 0.2) is 30.9 Å². The largest absolute Gasteiger partial charge is 3.00 e. The summed E-state index contributed by atoms with van der Waals surface area (Å²) in [6.07, 6.45) is 0. The predicted molar refractivity (Wildman–Crippen MR) is 41.7 cm³/mol. The van der Waals surface area contributed by atoms with E-state index < -0.39 is 30.9 Å². The average molecular weight is 433 g/mol. The van der Waals surface area contributed by atoms with Crippen LogP contribution in [-0.2, 0) is 30.9 Å². The van der Waals surface area contributed by atoms with Crippen molar-refractivity contribution in [1.82, 2.24) is 0 Å². The first-order chi connectivity index (χ1) is 6.00. The van der Waals surface area contributed by atoms with E-state index in [4.69, 9.17) is 38.9 Å². The summed E-state index contributed by atoms with van der Waals surface area (Å²) in [5.74, 6) is 0. The molecule has 0 aromatic carbocycles. The quantitative estimate of drug-likeness (QED) is 0.310. The van der Waals surface area contributed by atoms with Crippen LogP contribution < -0.4 is 15.4 Å². The summed E-state index contributed by atoms with van der Waals surface area (Å²) < 4.78 is 79.7. The third-order valence-electron chi connectivity index (χ3n) is 0. The molecule has 0 saturated carbocycles. The summed E-state index contributed by atoms with van der Waals surface area (Å²) in [5.41, 5.74) is 0. The molecule has 0 saturated heterocycles. The van der Waals surface area contributed by atoms with Crippen molar-refractivity contribution in [2.24, 2.45) is 15.4 Å². The van der Waals surface area contributed by atoms with Crippen LogP contribution in [0.1, 0.15) is 0 Å². The van der Waals surface area contributed by atoms with E-state index in [1.807, 2.05) is 0 Å². The molecule has 12 nitrogen and oxygen atoms in total. The molecule has 0 unspecified atom stereocenters. The number of hydrogen-bond donors (Lipinski definition) is 3. The van der Waals surface area contributed by atoms with Crippen LogP contribution in [0.4, 0.5) is 0 Å². The van der Waals surface area contributed by atoms with Crippen LogP contribution in [0, 0.1) is 40.8 Å². The summed E-state index contributed by atoms with van der Waals surface area (Å²) in [6.45, 7) is 0. The van der Waals surface area contributed by atoms with Gasteiger partial charge >= 0.3 is 40.8 Å². The van der Waals surface area contributed by atoms with Gasteiger partial charge in [-0.05, 0) is 0 Å². The maximum absolute atomic E-state index is 8.85. The van der Waals surface area contributed by atoms with Gasteiger partial charge in [0.2, 0.25) is 0 Å². The molecule has 0 fully saturated rings. The molecule has 0 bridgehead atoms. The standard InChI is InChI=1S/3H3NO3S.Nd/c3*1-5(2,3)4;/h3*(H3,1,2,3,4);/q;;;+3/p-3. The van der Waals surface area contributed by atoms with Crippen LogP contribution in [0.5, 0.6) is 0 Å². The van der Waals surface area contributed by atoms with Gasteiger partial charge in [-0.1, -0.05) is 0 Å². The van der Waals surface area contributed by atoms with Crippen molar-refractivity contribution in [2.75, 3.05) is 0 Å². The Morgan fingerprint density at radius 1 is 0.562 bits per heavy atom. The maximum atomic E-state index is 8.85. The van der Waals surface area contributed by atoms with Gasteiger partial charge in [-0.3, -0.25) is 0 Å². The third kappa shape index (κ3) is 3160. The topological polar surface area (TPSA) is 250 Å². The van der Waals surface area contributed by atoms with Crippen molar-refractivity contribution >= 4 is 30.9 Å². The van der Waals surface area contributed by atoms with Crippen LogP contribution in [-0.4, -0.2) is 38.9 Å². The Kier molecular flexibility index (Phi) is 16.0. The molecule has 6 N–H and O–H groups in total. The van der Waals surface area contributed by atoms with Gasteiger partial charge in [-0.2, -0.15) is 0 Å². The maximum Gasteiger partial charge on any atom is 3.00 e. The Morgan fingerprint density at radius 3 is 0.562 bits per heavy atom. The molecule has 0 heterocycles. The summed E-state index contributed by atoms with van der Waals surface area (Å²) in [4.78, 5) is 0.